The molecule has 2 rings (SSSR count). The van der Waals surface area contributed by atoms with Crippen molar-refractivity contribution in [1.29, 1.82) is 0 Å². The molecule has 0 unspecified atom stereocenters. The van der Waals surface area contributed by atoms with E-state index in [0.717, 1.165) is 0 Å². The fourth-order valence-electron chi connectivity index (χ4n) is 1.75. The molecule has 0 aliphatic rings. The number of anilines is 1. The number of nitrogen functional groups attached to an aromatic ring is 1. The molecular weight excluding hydrogens is 262 g/mol. The van der Waals surface area contributed by atoms with E-state index in [9.17, 15) is 9.59 Å². The normalized spacial score (nSPS) is 10.5. The Balaban J connectivity index is 2.37. The van der Waals surface area contributed by atoms with E-state index in [4.69, 9.17) is 10.5 Å². The quantitative estimate of drug-likeness (QED) is 0.751. The van der Waals surface area contributed by atoms with Crippen molar-refractivity contribution in [2.45, 2.75) is 13.3 Å². The summed E-state index contributed by atoms with van der Waals surface area (Å²) in [5.74, 6) is -0.196. The highest BCUT2D eigenvalue weighted by molar-refractivity contribution is 5.74. The van der Waals surface area contributed by atoms with Gasteiger partial charge in [0.25, 0.3) is 5.56 Å². The van der Waals surface area contributed by atoms with Gasteiger partial charge in [-0.3, -0.25) is 9.59 Å². The van der Waals surface area contributed by atoms with Gasteiger partial charge in [-0.25, -0.2) is 9.97 Å². The van der Waals surface area contributed by atoms with E-state index in [-0.39, 0.29) is 24.4 Å². The number of aromatic amines is 1. The zero-order valence-corrected chi connectivity index (χ0v) is 11.2. The number of aromatic nitrogens is 4. The van der Waals surface area contributed by atoms with Crippen LogP contribution in [0, 0.1) is 0 Å². The van der Waals surface area contributed by atoms with Crippen molar-refractivity contribution in [3.63, 3.8) is 0 Å². The number of hydrogen-bond acceptors (Lipinski definition) is 6. The van der Waals surface area contributed by atoms with Crippen LogP contribution in [0.15, 0.2) is 17.3 Å². The van der Waals surface area contributed by atoms with Crippen LogP contribution in [0.25, 0.3) is 11.5 Å². The lowest BCUT2D eigenvalue weighted by Gasteiger charge is -2.07. The molecule has 8 heteroatoms. The highest BCUT2D eigenvalue weighted by Crippen LogP contribution is 2.14. The molecule has 8 nitrogen and oxygen atoms in total. The molecule has 20 heavy (non-hydrogen) atoms. The monoisotopic (exact) mass is 277 g/mol. The van der Waals surface area contributed by atoms with Crippen LogP contribution in [-0.2, 0) is 23.0 Å². The Hall–Kier alpha value is -2.64. The number of aryl methyl sites for hydroxylation is 1. The van der Waals surface area contributed by atoms with E-state index in [0.29, 0.717) is 11.5 Å². The Morgan fingerprint density at radius 3 is 2.85 bits per heavy atom. The van der Waals surface area contributed by atoms with Crippen molar-refractivity contribution in [1.82, 2.24) is 19.5 Å². The fourth-order valence-corrected chi connectivity index (χ4v) is 1.75. The number of H-pyrrole nitrogens is 1. The Bertz CT molecular complexity index is 689. The van der Waals surface area contributed by atoms with Gasteiger partial charge in [0.15, 0.2) is 5.82 Å². The van der Waals surface area contributed by atoms with Gasteiger partial charge in [0.1, 0.15) is 11.5 Å². The van der Waals surface area contributed by atoms with E-state index in [1.54, 1.807) is 31.1 Å². The number of esters is 1. The second-order valence-corrected chi connectivity index (χ2v) is 4.15. The molecule has 0 saturated heterocycles. The molecule has 0 atom stereocenters. The summed E-state index contributed by atoms with van der Waals surface area (Å²) in [5, 5.41) is 0. The number of imidazole rings is 1. The average Bonchev–Trinajstić information content (AvgIpc) is 2.80. The van der Waals surface area contributed by atoms with Crippen molar-refractivity contribution in [3.8, 4) is 11.5 Å². The van der Waals surface area contributed by atoms with Gasteiger partial charge in [0.05, 0.1) is 31.1 Å². The summed E-state index contributed by atoms with van der Waals surface area (Å²) < 4.78 is 6.49. The Morgan fingerprint density at radius 2 is 2.30 bits per heavy atom. The summed E-state index contributed by atoms with van der Waals surface area (Å²) >= 11 is 0. The molecule has 0 saturated carbocycles. The molecule has 0 aromatic carbocycles. The molecule has 0 amide bonds. The molecule has 2 aromatic rings. The molecule has 0 fully saturated rings. The molecule has 2 aromatic heterocycles. The third-order valence-corrected chi connectivity index (χ3v) is 2.73. The number of carbonyl (C=O) groups excluding carboxylic acids is 1. The third kappa shape index (κ3) is 2.68. The summed E-state index contributed by atoms with van der Waals surface area (Å²) in [7, 11) is 1.77. The first kappa shape index (κ1) is 13.8. The fraction of sp³-hybridized carbons (Fsp3) is 0.333. The van der Waals surface area contributed by atoms with Crippen molar-refractivity contribution in [2.75, 3.05) is 12.3 Å². The van der Waals surface area contributed by atoms with Crippen LogP contribution >= 0.6 is 0 Å². The van der Waals surface area contributed by atoms with Gasteiger partial charge in [-0.05, 0) is 6.92 Å². The van der Waals surface area contributed by atoms with Gasteiger partial charge < -0.3 is 20.0 Å². The average molecular weight is 277 g/mol. The van der Waals surface area contributed by atoms with Crippen LogP contribution in [0.2, 0.25) is 0 Å². The van der Waals surface area contributed by atoms with E-state index < -0.39 is 11.5 Å². The Kier molecular flexibility index (Phi) is 3.83. The van der Waals surface area contributed by atoms with Gasteiger partial charge in [-0.2, -0.15) is 0 Å². The number of carbonyl (C=O) groups is 1. The van der Waals surface area contributed by atoms with Crippen molar-refractivity contribution >= 4 is 11.8 Å². The minimum absolute atomic E-state index is 0.0120. The molecular formula is C12H15N5O3. The first-order chi connectivity index (χ1) is 9.52. The maximum absolute atomic E-state index is 12.0. The third-order valence-electron chi connectivity index (χ3n) is 2.73. The van der Waals surface area contributed by atoms with Crippen molar-refractivity contribution < 1.29 is 9.53 Å². The summed E-state index contributed by atoms with van der Waals surface area (Å²) in [5.41, 5.74) is 6.03. The van der Waals surface area contributed by atoms with Crippen LogP contribution in [0.3, 0.4) is 0 Å². The maximum Gasteiger partial charge on any atom is 0.310 e. The van der Waals surface area contributed by atoms with Crippen LogP contribution in [-0.4, -0.2) is 32.1 Å². The Labute approximate surface area is 114 Å². The lowest BCUT2D eigenvalue weighted by molar-refractivity contribution is -0.142. The van der Waals surface area contributed by atoms with Gasteiger partial charge >= 0.3 is 5.97 Å². The van der Waals surface area contributed by atoms with Crippen molar-refractivity contribution in [3.05, 3.63) is 28.4 Å². The molecule has 3 N–H and O–H groups in total. The highest BCUT2D eigenvalue weighted by atomic mass is 16.5. The maximum atomic E-state index is 12.0. The second-order valence-electron chi connectivity index (χ2n) is 4.15. The predicted molar refractivity (Wildman–Crippen MR) is 71.8 cm³/mol. The SMILES string of the molecule is CCOC(=O)Cc1c(N)nc(-c2cncn2C)[nH]c1=O. The topological polar surface area (TPSA) is 116 Å². The number of hydrogen-bond donors (Lipinski definition) is 2. The zero-order valence-electron chi connectivity index (χ0n) is 11.2. The lowest BCUT2D eigenvalue weighted by atomic mass is 10.2. The standard InChI is InChI=1S/C12H15N5O3/c1-3-20-9(18)4-7-10(13)15-11(16-12(7)19)8-5-14-6-17(8)2/h5-6H,3-4H2,1-2H3,(H3,13,15,16,19). The van der Waals surface area contributed by atoms with Crippen molar-refractivity contribution in [2.24, 2.45) is 7.05 Å². The first-order valence-corrected chi connectivity index (χ1v) is 6.04. The zero-order chi connectivity index (χ0) is 14.7. The molecule has 0 aliphatic heterocycles. The molecule has 2 heterocycles. The second kappa shape index (κ2) is 5.55. The summed E-state index contributed by atoms with van der Waals surface area (Å²) in [6.45, 7) is 1.94. The summed E-state index contributed by atoms with van der Waals surface area (Å²) in [4.78, 5) is 34.0. The van der Waals surface area contributed by atoms with E-state index >= 15 is 0 Å². The van der Waals surface area contributed by atoms with E-state index in [2.05, 4.69) is 15.0 Å². The van der Waals surface area contributed by atoms with Gasteiger partial charge in [-0.1, -0.05) is 0 Å². The lowest BCUT2D eigenvalue weighted by Crippen LogP contribution is -2.22. The highest BCUT2D eigenvalue weighted by Gasteiger charge is 2.15. The van der Waals surface area contributed by atoms with Crippen LogP contribution in [0.4, 0.5) is 5.82 Å². The van der Waals surface area contributed by atoms with Gasteiger partial charge in [0.2, 0.25) is 0 Å². The molecule has 0 aliphatic carbocycles. The molecule has 0 spiro atoms. The van der Waals surface area contributed by atoms with Gasteiger partial charge in [-0.15, -0.1) is 0 Å². The summed E-state index contributed by atoms with van der Waals surface area (Å²) in [6, 6.07) is 0. The number of nitrogens with zero attached hydrogens (tertiary/aromatic N) is 3. The minimum atomic E-state index is -0.514. The summed E-state index contributed by atoms with van der Waals surface area (Å²) in [6.07, 6.45) is 2.94. The largest absolute Gasteiger partial charge is 0.466 e. The molecule has 0 bridgehead atoms. The predicted octanol–water partition coefficient (Wildman–Crippen LogP) is -0.142. The smallest absolute Gasteiger partial charge is 0.310 e. The molecule has 106 valence electrons. The van der Waals surface area contributed by atoms with E-state index in [1.165, 1.54) is 0 Å². The van der Waals surface area contributed by atoms with E-state index in [1.807, 2.05) is 0 Å². The first-order valence-electron chi connectivity index (χ1n) is 6.04. The van der Waals surface area contributed by atoms with Crippen LogP contribution in [0.1, 0.15) is 12.5 Å². The molecule has 0 radical (unpaired) electrons. The number of ether oxygens (including phenoxy) is 1. The number of nitrogens with one attached hydrogen (secondary N) is 1. The Morgan fingerprint density at radius 1 is 1.55 bits per heavy atom. The van der Waals surface area contributed by atoms with Gasteiger partial charge in [0, 0.05) is 7.05 Å². The number of nitrogens with two attached hydrogens (primary N) is 1. The number of rotatable bonds is 4. The van der Waals surface area contributed by atoms with Crippen LogP contribution in [0.5, 0.6) is 0 Å². The minimum Gasteiger partial charge on any atom is -0.466 e. The van der Waals surface area contributed by atoms with Crippen LogP contribution < -0.4 is 11.3 Å².